The van der Waals surface area contributed by atoms with E-state index in [1.165, 1.54) is 25.3 Å². The van der Waals surface area contributed by atoms with Crippen molar-refractivity contribution < 1.29 is 19.1 Å². The lowest BCUT2D eigenvalue weighted by molar-refractivity contribution is 0.0526. The molecule has 17 heavy (non-hydrogen) atoms. The quantitative estimate of drug-likeness (QED) is 0.740. The van der Waals surface area contributed by atoms with Crippen LogP contribution in [0.2, 0.25) is 0 Å². The van der Waals surface area contributed by atoms with Crippen LogP contribution >= 0.6 is 0 Å². The van der Waals surface area contributed by atoms with E-state index >= 15 is 0 Å². The maximum absolute atomic E-state index is 11.5. The van der Waals surface area contributed by atoms with Gasteiger partial charge in [-0.05, 0) is 25.1 Å². The van der Waals surface area contributed by atoms with E-state index in [2.05, 4.69) is 4.74 Å². The van der Waals surface area contributed by atoms with E-state index < -0.39 is 11.9 Å². The normalized spacial score (nSPS) is 9.24. The molecule has 1 rings (SSSR count). The van der Waals surface area contributed by atoms with Gasteiger partial charge in [0, 0.05) is 0 Å². The van der Waals surface area contributed by atoms with Crippen LogP contribution in [0, 0.1) is 11.3 Å². The minimum Gasteiger partial charge on any atom is -0.465 e. The van der Waals surface area contributed by atoms with Crippen molar-refractivity contribution in [1.29, 1.82) is 5.26 Å². The van der Waals surface area contributed by atoms with Crippen molar-refractivity contribution in [3.63, 3.8) is 0 Å². The van der Waals surface area contributed by atoms with Crippen LogP contribution in [0.3, 0.4) is 0 Å². The van der Waals surface area contributed by atoms with Crippen molar-refractivity contribution in [3.8, 4) is 6.07 Å². The van der Waals surface area contributed by atoms with Gasteiger partial charge >= 0.3 is 11.9 Å². The third kappa shape index (κ3) is 2.82. The van der Waals surface area contributed by atoms with Gasteiger partial charge in [-0.15, -0.1) is 0 Å². The molecule has 0 fully saturated rings. The van der Waals surface area contributed by atoms with E-state index in [-0.39, 0.29) is 23.3 Å². The Kier molecular flexibility index (Phi) is 4.23. The summed E-state index contributed by atoms with van der Waals surface area (Å²) in [5.41, 5.74) is 0.428. The number of rotatable bonds is 3. The number of hydrogen-bond donors (Lipinski definition) is 0. The van der Waals surface area contributed by atoms with Gasteiger partial charge in [0.1, 0.15) is 6.07 Å². The predicted molar refractivity (Wildman–Crippen MR) is 58.5 cm³/mol. The van der Waals surface area contributed by atoms with Gasteiger partial charge in [-0.25, -0.2) is 9.59 Å². The minimum absolute atomic E-state index is 0.0561. The first-order chi connectivity index (χ1) is 8.13. The number of hydrogen-bond acceptors (Lipinski definition) is 5. The number of esters is 2. The SMILES string of the molecule is CCOC(=O)c1ccc(C#N)c(C(=O)OC)c1. The number of carbonyl (C=O) groups excluding carboxylic acids is 2. The highest BCUT2D eigenvalue weighted by Gasteiger charge is 2.15. The molecule has 0 aliphatic carbocycles. The van der Waals surface area contributed by atoms with Crippen LogP contribution in [0.15, 0.2) is 18.2 Å². The topological polar surface area (TPSA) is 76.4 Å². The molecule has 0 aromatic heterocycles. The van der Waals surface area contributed by atoms with Gasteiger partial charge in [-0.3, -0.25) is 0 Å². The standard InChI is InChI=1S/C12H11NO4/c1-3-17-11(14)8-4-5-9(7-13)10(6-8)12(15)16-2/h4-6H,3H2,1-2H3. The summed E-state index contributed by atoms with van der Waals surface area (Å²) in [4.78, 5) is 22.9. The van der Waals surface area contributed by atoms with Crippen molar-refractivity contribution in [2.45, 2.75) is 6.92 Å². The van der Waals surface area contributed by atoms with Gasteiger partial charge < -0.3 is 9.47 Å². The highest BCUT2D eigenvalue weighted by atomic mass is 16.5. The average Bonchev–Trinajstić information content (AvgIpc) is 2.37. The molecular weight excluding hydrogens is 222 g/mol. The van der Waals surface area contributed by atoms with E-state index in [0.29, 0.717) is 0 Å². The summed E-state index contributed by atoms with van der Waals surface area (Å²) in [7, 11) is 1.21. The largest absolute Gasteiger partial charge is 0.465 e. The van der Waals surface area contributed by atoms with Crippen LogP contribution in [0.1, 0.15) is 33.2 Å². The number of nitriles is 1. The zero-order valence-corrected chi connectivity index (χ0v) is 9.52. The molecule has 1 aromatic rings. The molecule has 5 heteroatoms. The maximum Gasteiger partial charge on any atom is 0.339 e. The average molecular weight is 233 g/mol. The summed E-state index contributed by atoms with van der Waals surface area (Å²) < 4.78 is 9.33. The first-order valence-electron chi connectivity index (χ1n) is 4.93. The number of ether oxygens (including phenoxy) is 2. The molecule has 0 radical (unpaired) electrons. The third-order valence-electron chi connectivity index (χ3n) is 2.06. The van der Waals surface area contributed by atoms with Crippen LogP contribution in [-0.2, 0) is 9.47 Å². The Morgan fingerprint density at radius 1 is 1.35 bits per heavy atom. The van der Waals surface area contributed by atoms with E-state index in [1.54, 1.807) is 6.92 Å². The molecule has 0 unspecified atom stereocenters. The molecule has 5 nitrogen and oxygen atoms in total. The smallest absolute Gasteiger partial charge is 0.339 e. The molecule has 0 spiro atoms. The maximum atomic E-state index is 11.5. The van der Waals surface area contributed by atoms with Crippen LogP contribution in [0.4, 0.5) is 0 Å². The van der Waals surface area contributed by atoms with Gasteiger partial charge in [-0.1, -0.05) is 0 Å². The summed E-state index contributed by atoms with van der Waals surface area (Å²) >= 11 is 0. The highest BCUT2D eigenvalue weighted by molar-refractivity contribution is 5.97. The Hall–Kier alpha value is -2.35. The molecule has 0 atom stereocenters. The third-order valence-corrected chi connectivity index (χ3v) is 2.06. The van der Waals surface area contributed by atoms with Crippen molar-refractivity contribution in [2.75, 3.05) is 13.7 Å². The molecule has 0 aliphatic heterocycles. The monoisotopic (exact) mass is 233 g/mol. The first kappa shape index (κ1) is 12.7. The Balaban J connectivity index is 3.19. The lowest BCUT2D eigenvalue weighted by atomic mass is 10.0. The molecule has 0 heterocycles. The molecule has 1 aromatic carbocycles. The summed E-state index contributed by atoms with van der Waals surface area (Å²) in [6.07, 6.45) is 0. The Morgan fingerprint density at radius 3 is 2.59 bits per heavy atom. The Labute approximate surface area is 98.6 Å². The fourth-order valence-corrected chi connectivity index (χ4v) is 1.26. The van der Waals surface area contributed by atoms with Gasteiger partial charge in [0.2, 0.25) is 0 Å². The second-order valence-electron chi connectivity index (χ2n) is 3.08. The van der Waals surface area contributed by atoms with E-state index in [4.69, 9.17) is 10.00 Å². The molecular formula is C12H11NO4. The van der Waals surface area contributed by atoms with Crippen LogP contribution in [0.5, 0.6) is 0 Å². The summed E-state index contributed by atoms with van der Waals surface area (Å²) in [6.45, 7) is 1.93. The van der Waals surface area contributed by atoms with Gasteiger partial charge in [0.25, 0.3) is 0 Å². The number of carbonyl (C=O) groups is 2. The van der Waals surface area contributed by atoms with Crippen LogP contribution in [0.25, 0.3) is 0 Å². The highest BCUT2D eigenvalue weighted by Crippen LogP contribution is 2.13. The summed E-state index contributed by atoms with van der Waals surface area (Å²) in [5, 5.41) is 8.82. The number of methoxy groups -OCH3 is 1. The summed E-state index contributed by atoms with van der Waals surface area (Å²) in [6, 6.07) is 5.97. The molecule has 0 bridgehead atoms. The number of benzene rings is 1. The molecule has 0 amide bonds. The molecule has 88 valence electrons. The van der Waals surface area contributed by atoms with Crippen molar-refractivity contribution in [1.82, 2.24) is 0 Å². The fourth-order valence-electron chi connectivity index (χ4n) is 1.26. The second-order valence-corrected chi connectivity index (χ2v) is 3.08. The van der Waals surface area contributed by atoms with E-state index in [1.807, 2.05) is 6.07 Å². The van der Waals surface area contributed by atoms with Crippen molar-refractivity contribution >= 4 is 11.9 Å². The lowest BCUT2D eigenvalue weighted by Crippen LogP contribution is -2.09. The first-order valence-corrected chi connectivity index (χ1v) is 4.93. The zero-order chi connectivity index (χ0) is 12.8. The number of nitrogens with zero attached hydrogens (tertiary/aromatic N) is 1. The van der Waals surface area contributed by atoms with E-state index in [9.17, 15) is 9.59 Å². The molecule has 0 saturated carbocycles. The van der Waals surface area contributed by atoms with Crippen LogP contribution < -0.4 is 0 Å². The predicted octanol–water partition coefficient (Wildman–Crippen LogP) is 1.52. The van der Waals surface area contributed by atoms with Crippen LogP contribution in [-0.4, -0.2) is 25.7 Å². The Morgan fingerprint density at radius 2 is 2.06 bits per heavy atom. The second kappa shape index (κ2) is 5.66. The fraction of sp³-hybridized carbons (Fsp3) is 0.250. The van der Waals surface area contributed by atoms with Gasteiger partial charge in [-0.2, -0.15) is 5.26 Å². The molecule has 0 aliphatic rings. The molecule has 0 saturated heterocycles. The van der Waals surface area contributed by atoms with Crippen molar-refractivity contribution in [3.05, 3.63) is 34.9 Å². The Bertz CT molecular complexity index is 488. The van der Waals surface area contributed by atoms with Gasteiger partial charge in [0.15, 0.2) is 0 Å². The van der Waals surface area contributed by atoms with Crippen molar-refractivity contribution in [2.24, 2.45) is 0 Å². The zero-order valence-electron chi connectivity index (χ0n) is 9.52. The van der Waals surface area contributed by atoms with Gasteiger partial charge in [0.05, 0.1) is 30.4 Å². The summed E-state index contributed by atoms with van der Waals surface area (Å²) in [5.74, 6) is -1.20. The minimum atomic E-state index is -0.660. The lowest BCUT2D eigenvalue weighted by Gasteiger charge is -2.05. The molecule has 0 N–H and O–H groups in total. The van der Waals surface area contributed by atoms with E-state index in [0.717, 1.165) is 0 Å².